The van der Waals surface area contributed by atoms with E-state index in [4.69, 9.17) is 0 Å². The van der Waals surface area contributed by atoms with E-state index in [9.17, 15) is 9.59 Å². The number of benzene rings is 1. The Morgan fingerprint density at radius 2 is 1.86 bits per heavy atom. The number of amides is 2. The second-order valence-corrected chi connectivity index (χ2v) is 6.11. The molecule has 0 N–H and O–H groups in total. The molecule has 1 aromatic carbocycles. The van der Waals surface area contributed by atoms with Crippen molar-refractivity contribution in [3.05, 3.63) is 29.3 Å². The van der Waals surface area contributed by atoms with Crippen molar-refractivity contribution in [2.24, 2.45) is 0 Å². The Kier molecular flexibility index (Phi) is 3.70. The molecule has 4 nitrogen and oxygen atoms in total. The molecule has 112 valence electrons. The largest absolute Gasteiger partial charge is 0.331 e. The summed E-state index contributed by atoms with van der Waals surface area (Å²) in [7, 11) is 0. The molecule has 0 aliphatic carbocycles. The molecule has 2 fully saturated rings. The number of aryl methyl sites for hydroxylation is 2. The van der Waals surface area contributed by atoms with Gasteiger partial charge in [-0.25, -0.2) is 0 Å². The summed E-state index contributed by atoms with van der Waals surface area (Å²) in [4.78, 5) is 28.7. The first-order chi connectivity index (χ1) is 10.1. The Morgan fingerprint density at radius 1 is 1.05 bits per heavy atom. The van der Waals surface area contributed by atoms with Crippen LogP contribution >= 0.6 is 0 Å². The zero-order valence-corrected chi connectivity index (χ0v) is 12.8. The fourth-order valence-corrected chi connectivity index (χ4v) is 3.28. The Morgan fingerprint density at radius 3 is 2.62 bits per heavy atom. The van der Waals surface area contributed by atoms with E-state index < -0.39 is 0 Å². The van der Waals surface area contributed by atoms with Crippen LogP contribution in [0.3, 0.4) is 0 Å². The Hall–Kier alpha value is -1.84. The molecule has 1 unspecified atom stereocenters. The molecule has 0 aromatic heterocycles. The van der Waals surface area contributed by atoms with E-state index in [0.717, 1.165) is 31.5 Å². The van der Waals surface area contributed by atoms with Crippen molar-refractivity contribution < 1.29 is 9.59 Å². The predicted octanol–water partition coefficient (Wildman–Crippen LogP) is 2.42. The van der Waals surface area contributed by atoms with Crippen molar-refractivity contribution in [2.75, 3.05) is 18.0 Å². The highest BCUT2D eigenvalue weighted by molar-refractivity contribution is 6.01. The molecule has 0 spiro atoms. The minimum atomic E-state index is -0.254. The minimum absolute atomic E-state index is 0.0869. The number of carbonyl (C=O) groups excluding carboxylic acids is 2. The monoisotopic (exact) mass is 286 g/mol. The Labute approximate surface area is 125 Å². The SMILES string of the molecule is Cc1ccc(N2CCC(=O)N3CCCCC3C2=O)cc1C. The molecular formula is C17H22N2O2. The average molecular weight is 286 g/mol. The number of hydrogen-bond acceptors (Lipinski definition) is 2. The summed E-state index contributed by atoms with van der Waals surface area (Å²) in [6.07, 6.45) is 3.27. The maximum Gasteiger partial charge on any atom is 0.249 e. The van der Waals surface area contributed by atoms with E-state index in [1.54, 1.807) is 9.80 Å². The van der Waals surface area contributed by atoms with E-state index in [1.165, 1.54) is 11.1 Å². The first kappa shape index (κ1) is 14.1. The van der Waals surface area contributed by atoms with Gasteiger partial charge in [0.15, 0.2) is 0 Å². The molecule has 2 saturated heterocycles. The number of carbonyl (C=O) groups is 2. The second kappa shape index (κ2) is 5.51. The molecule has 1 aromatic rings. The van der Waals surface area contributed by atoms with Crippen LogP contribution in [0.2, 0.25) is 0 Å². The van der Waals surface area contributed by atoms with Crippen molar-refractivity contribution in [2.45, 2.75) is 45.6 Å². The van der Waals surface area contributed by atoms with Crippen LogP contribution in [0.4, 0.5) is 5.69 Å². The Bertz CT molecular complexity index is 582. The highest BCUT2D eigenvalue weighted by Crippen LogP contribution is 2.27. The average Bonchev–Trinajstić information content (AvgIpc) is 2.61. The number of anilines is 1. The summed E-state index contributed by atoms with van der Waals surface area (Å²) in [5.74, 6) is 0.211. The Balaban J connectivity index is 1.93. The fourth-order valence-electron chi connectivity index (χ4n) is 3.28. The van der Waals surface area contributed by atoms with Gasteiger partial charge in [0.2, 0.25) is 11.8 Å². The van der Waals surface area contributed by atoms with Crippen LogP contribution in [-0.4, -0.2) is 35.8 Å². The minimum Gasteiger partial charge on any atom is -0.331 e. The summed E-state index contributed by atoms with van der Waals surface area (Å²) in [6.45, 7) is 5.35. The van der Waals surface area contributed by atoms with Crippen molar-refractivity contribution in [3.8, 4) is 0 Å². The lowest BCUT2D eigenvalue weighted by Gasteiger charge is -2.34. The maximum atomic E-state index is 12.9. The van der Waals surface area contributed by atoms with Crippen molar-refractivity contribution in [1.29, 1.82) is 0 Å². The first-order valence-corrected chi connectivity index (χ1v) is 7.76. The molecule has 4 heteroatoms. The van der Waals surface area contributed by atoms with E-state index in [0.29, 0.717) is 13.0 Å². The highest BCUT2D eigenvalue weighted by atomic mass is 16.2. The lowest BCUT2D eigenvalue weighted by Crippen LogP contribution is -2.49. The summed E-state index contributed by atoms with van der Waals surface area (Å²) in [6, 6.07) is 5.83. The number of nitrogens with zero attached hydrogens (tertiary/aromatic N) is 2. The van der Waals surface area contributed by atoms with Crippen LogP contribution in [0, 0.1) is 13.8 Å². The van der Waals surface area contributed by atoms with Gasteiger partial charge < -0.3 is 9.80 Å². The molecule has 2 amide bonds. The van der Waals surface area contributed by atoms with Crippen LogP contribution < -0.4 is 4.90 Å². The lowest BCUT2D eigenvalue weighted by atomic mass is 10.0. The number of piperidine rings is 1. The van der Waals surface area contributed by atoms with Gasteiger partial charge in [0, 0.05) is 25.2 Å². The molecule has 0 saturated carbocycles. The fraction of sp³-hybridized carbons (Fsp3) is 0.529. The maximum absolute atomic E-state index is 12.9. The lowest BCUT2D eigenvalue weighted by molar-refractivity contribution is -0.138. The van der Waals surface area contributed by atoms with Crippen molar-refractivity contribution in [3.63, 3.8) is 0 Å². The van der Waals surface area contributed by atoms with E-state index in [1.807, 2.05) is 12.1 Å². The molecule has 2 heterocycles. The standard InChI is InChI=1S/C17H22N2O2/c1-12-6-7-14(11-13(12)2)18-10-8-16(20)19-9-4-3-5-15(19)17(18)21/h6-7,11,15H,3-5,8-10H2,1-2H3. The van der Waals surface area contributed by atoms with Gasteiger partial charge in [0.05, 0.1) is 0 Å². The van der Waals surface area contributed by atoms with Crippen LogP contribution in [0.25, 0.3) is 0 Å². The third kappa shape index (κ3) is 2.55. The van der Waals surface area contributed by atoms with Crippen molar-refractivity contribution in [1.82, 2.24) is 4.90 Å². The van der Waals surface area contributed by atoms with Crippen LogP contribution in [-0.2, 0) is 9.59 Å². The molecule has 2 aliphatic heterocycles. The summed E-state index contributed by atoms with van der Waals surface area (Å²) < 4.78 is 0. The predicted molar refractivity (Wildman–Crippen MR) is 82.2 cm³/mol. The topological polar surface area (TPSA) is 40.6 Å². The van der Waals surface area contributed by atoms with E-state index in [2.05, 4.69) is 19.9 Å². The van der Waals surface area contributed by atoms with Gasteiger partial charge in [-0.15, -0.1) is 0 Å². The molecule has 0 bridgehead atoms. The van der Waals surface area contributed by atoms with E-state index in [-0.39, 0.29) is 17.9 Å². The summed E-state index contributed by atoms with van der Waals surface area (Å²) >= 11 is 0. The van der Waals surface area contributed by atoms with Crippen LogP contribution in [0.5, 0.6) is 0 Å². The van der Waals surface area contributed by atoms with Gasteiger partial charge in [-0.3, -0.25) is 9.59 Å². The number of fused-ring (bicyclic) bond motifs is 1. The molecular weight excluding hydrogens is 264 g/mol. The normalized spacial score (nSPS) is 23.0. The van der Waals surface area contributed by atoms with E-state index >= 15 is 0 Å². The van der Waals surface area contributed by atoms with Gasteiger partial charge in [0.25, 0.3) is 0 Å². The second-order valence-electron chi connectivity index (χ2n) is 6.11. The van der Waals surface area contributed by atoms with Gasteiger partial charge in [0.1, 0.15) is 6.04 Å². The molecule has 2 aliphatic rings. The third-order valence-corrected chi connectivity index (χ3v) is 4.73. The van der Waals surface area contributed by atoms with Gasteiger partial charge >= 0.3 is 0 Å². The molecule has 3 rings (SSSR count). The third-order valence-electron chi connectivity index (χ3n) is 4.73. The van der Waals surface area contributed by atoms with Crippen LogP contribution in [0.15, 0.2) is 18.2 Å². The van der Waals surface area contributed by atoms with Crippen LogP contribution in [0.1, 0.15) is 36.8 Å². The highest BCUT2D eigenvalue weighted by Gasteiger charge is 2.38. The molecule has 21 heavy (non-hydrogen) atoms. The number of hydrogen-bond donors (Lipinski definition) is 0. The first-order valence-electron chi connectivity index (χ1n) is 7.76. The van der Waals surface area contributed by atoms with Gasteiger partial charge in [-0.2, -0.15) is 0 Å². The number of rotatable bonds is 1. The summed E-state index contributed by atoms with van der Waals surface area (Å²) in [5.41, 5.74) is 3.32. The molecule has 0 radical (unpaired) electrons. The smallest absolute Gasteiger partial charge is 0.249 e. The zero-order chi connectivity index (χ0) is 15.0. The zero-order valence-electron chi connectivity index (χ0n) is 12.8. The summed E-state index contributed by atoms with van der Waals surface area (Å²) in [5, 5.41) is 0. The van der Waals surface area contributed by atoms with Gasteiger partial charge in [-0.05, 0) is 56.4 Å². The molecule has 1 atom stereocenters. The quantitative estimate of drug-likeness (QED) is 0.795. The van der Waals surface area contributed by atoms with Crippen molar-refractivity contribution >= 4 is 17.5 Å². The van der Waals surface area contributed by atoms with Gasteiger partial charge in [-0.1, -0.05) is 6.07 Å².